The van der Waals surface area contributed by atoms with Crippen LogP contribution in [0, 0.1) is 0 Å². The van der Waals surface area contributed by atoms with Crippen LogP contribution >= 0.6 is 0 Å². The topological polar surface area (TPSA) is 83.6 Å². The Labute approximate surface area is 395 Å². The number of hydrogen-bond donors (Lipinski definition) is 2. The predicted molar refractivity (Wildman–Crippen MR) is 279 cm³/mol. The average molecular weight is 889 g/mol. The second-order valence-electron chi connectivity index (χ2n) is 19.0. The highest BCUT2D eigenvalue weighted by atomic mass is 16.5. The number of ether oxygens (including phenoxy) is 2. The molecular weight excluding hydrogens is 789 g/mol. The summed E-state index contributed by atoms with van der Waals surface area (Å²) in [6.07, 6.45) is 53.4. The third-order valence-electron chi connectivity index (χ3n) is 13.0. The van der Waals surface area contributed by atoms with Gasteiger partial charge in [0.15, 0.2) is 0 Å². The van der Waals surface area contributed by atoms with Crippen LogP contribution in [0.3, 0.4) is 0 Å². The minimum atomic E-state index is -0.0322. The van der Waals surface area contributed by atoms with Crippen molar-refractivity contribution in [1.29, 1.82) is 0 Å². The molecule has 0 aliphatic carbocycles. The van der Waals surface area contributed by atoms with E-state index < -0.39 is 0 Å². The van der Waals surface area contributed by atoms with Gasteiger partial charge in [-0.2, -0.15) is 0 Å². The molecule has 0 aromatic heterocycles. The first-order chi connectivity index (χ1) is 31.6. The zero-order valence-corrected chi connectivity index (χ0v) is 42.1. The molecule has 1 unspecified atom stereocenters. The molecule has 6 nitrogen and oxygen atoms in total. The van der Waals surface area contributed by atoms with Gasteiger partial charge in [0.2, 0.25) is 0 Å². The Morgan fingerprint density at radius 2 is 0.703 bits per heavy atom. The van der Waals surface area contributed by atoms with Crippen molar-refractivity contribution < 1.29 is 19.7 Å². The molecule has 2 N–H and O–H groups in total. The molecule has 64 heavy (non-hydrogen) atoms. The molecule has 0 fully saturated rings. The van der Waals surface area contributed by atoms with Crippen LogP contribution in [-0.2, 0) is 0 Å². The van der Waals surface area contributed by atoms with Gasteiger partial charge in [0.25, 0.3) is 0 Å². The Balaban J connectivity index is 1.48. The van der Waals surface area contributed by atoms with Gasteiger partial charge in [0.1, 0.15) is 23.0 Å². The van der Waals surface area contributed by atoms with Crippen LogP contribution in [-0.4, -0.2) is 48.4 Å². The maximum Gasteiger partial charge on any atom is 0.128 e. The second-order valence-corrected chi connectivity index (χ2v) is 19.0. The van der Waals surface area contributed by atoms with Gasteiger partial charge in [-0.05, 0) is 43.5 Å². The Morgan fingerprint density at radius 3 is 1.00 bits per heavy atom. The SMILES string of the molecule is CCCCCCCCCCCCCCCCCCCCOc1ccc(C=NCC(CC)N=Cc2ccc(OCCCCCCCCCCCCCCCCCCCC)cc2O)c(O)c1. The molecule has 0 aliphatic rings. The van der Waals surface area contributed by atoms with E-state index in [1.165, 1.54) is 218 Å². The smallest absolute Gasteiger partial charge is 0.128 e. The van der Waals surface area contributed by atoms with Crippen molar-refractivity contribution in [2.45, 2.75) is 264 Å². The number of rotatable bonds is 46. The fourth-order valence-corrected chi connectivity index (χ4v) is 8.57. The normalized spacial score (nSPS) is 12.2. The van der Waals surface area contributed by atoms with Crippen LogP contribution in [0.4, 0.5) is 0 Å². The lowest BCUT2D eigenvalue weighted by molar-refractivity contribution is 0.302. The number of phenolic OH excluding ortho intramolecular Hbond substituents is 2. The van der Waals surface area contributed by atoms with Gasteiger partial charge in [0, 0.05) is 35.7 Å². The summed E-state index contributed by atoms with van der Waals surface area (Å²) in [5.74, 6) is 1.73. The molecule has 0 saturated heterocycles. The van der Waals surface area contributed by atoms with E-state index >= 15 is 0 Å². The van der Waals surface area contributed by atoms with Crippen molar-refractivity contribution >= 4 is 12.4 Å². The first kappa shape index (κ1) is 57.1. The summed E-state index contributed by atoms with van der Waals surface area (Å²) >= 11 is 0. The minimum Gasteiger partial charge on any atom is -0.507 e. The molecule has 2 rings (SSSR count). The van der Waals surface area contributed by atoms with E-state index in [-0.39, 0.29) is 17.5 Å². The predicted octanol–water partition coefficient (Wildman–Crippen LogP) is 18.3. The number of nitrogens with zero attached hydrogens (tertiary/aromatic N) is 2. The van der Waals surface area contributed by atoms with Crippen LogP contribution in [0.25, 0.3) is 0 Å². The number of hydrogen-bond acceptors (Lipinski definition) is 6. The van der Waals surface area contributed by atoms with Crippen molar-refractivity contribution in [3.05, 3.63) is 47.5 Å². The van der Waals surface area contributed by atoms with Gasteiger partial charge in [-0.15, -0.1) is 0 Å². The van der Waals surface area contributed by atoms with Crippen molar-refractivity contribution in [2.24, 2.45) is 9.98 Å². The van der Waals surface area contributed by atoms with Crippen LogP contribution in [0.5, 0.6) is 23.0 Å². The van der Waals surface area contributed by atoms with Gasteiger partial charge in [-0.1, -0.05) is 239 Å². The monoisotopic (exact) mass is 889 g/mol. The Bertz CT molecular complexity index is 1390. The molecule has 0 heterocycles. The summed E-state index contributed by atoms with van der Waals surface area (Å²) in [7, 11) is 0. The van der Waals surface area contributed by atoms with Gasteiger partial charge in [0.05, 0.1) is 25.8 Å². The Hall–Kier alpha value is -3.02. The molecule has 6 heteroatoms. The minimum absolute atomic E-state index is 0.0322. The molecule has 2 aromatic carbocycles. The lowest BCUT2D eigenvalue weighted by Crippen LogP contribution is -2.08. The molecule has 0 bridgehead atoms. The first-order valence-electron chi connectivity index (χ1n) is 27.5. The van der Waals surface area contributed by atoms with E-state index in [2.05, 4.69) is 25.8 Å². The van der Waals surface area contributed by atoms with Crippen LogP contribution in [0.15, 0.2) is 46.4 Å². The van der Waals surface area contributed by atoms with Crippen LogP contribution in [0.1, 0.15) is 269 Å². The van der Waals surface area contributed by atoms with Gasteiger partial charge in [-0.3, -0.25) is 9.98 Å². The average Bonchev–Trinajstić information content (AvgIpc) is 3.30. The third kappa shape index (κ3) is 32.6. The van der Waals surface area contributed by atoms with E-state index in [0.29, 0.717) is 42.4 Å². The van der Waals surface area contributed by atoms with E-state index in [1.54, 1.807) is 24.6 Å². The van der Waals surface area contributed by atoms with E-state index in [0.717, 1.165) is 19.3 Å². The summed E-state index contributed by atoms with van der Waals surface area (Å²) in [4.78, 5) is 9.28. The fourth-order valence-electron chi connectivity index (χ4n) is 8.57. The summed E-state index contributed by atoms with van der Waals surface area (Å²) in [6.45, 7) is 8.50. The summed E-state index contributed by atoms with van der Waals surface area (Å²) < 4.78 is 11.9. The maximum atomic E-state index is 10.7. The molecule has 2 aromatic rings. The summed E-state index contributed by atoms with van der Waals surface area (Å²) in [5, 5.41) is 21.3. The first-order valence-corrected chi connectivity index (χ1v) is 27.5. The van der Waals surface area contributed by atoms with Crippen LogP contribution < -0.4 is 9.47 Å². The molecule has 0 amide bonds. The van der Waals surface area contributed by atoms with E-state index in [4.69, 9.17) is 14.5 Å². The van der Waals surface area contributed by atoms with E-state index in [9.17, 15) is 10.2 Å². The van der Waals surface area contributed by atoms with Crippen molar-refractivity contribution in [1.82, 2.24) is 0 Å². The molecular formula is C58H100N2O4. The number of aliphatic imine (C=N–C) groups is 2. The zero-order valence-electron chi connectivity index (χ0n) is 42.1. The second kappa shape index (κ2) is 42.6. The zero-order chi connectivity index (χ0) is 45.8. The number of aromatic hydroxyl groups is 2. The maximum absolute atomic E-state index is 10.7. The van der Waals surface area contributed by atoms with Crippen molar-refractivity contribution in [3.8, 4) is 23.0 Å². The third-order valence-corrected chi connectivity index (χ3v) is 13.0. The Morgan fingerprint density at radius 1 is 0.406 bits per heavy atom. The molecule has 0 saturated carbocycles. The van der Waals surface area contributed by atoms with Gasteiger partial charge in [-0.25, -0.2) is 0 Å². The number of phenols is 2. The molecule has 0 aliphatic heterocycles. The molecule has 0 spiro atoms. The summed E-state index contributed by atoms with van der Waals surface area (Å²) in [5.41, 5.74) is 1.33. The standard InChI is InChI=1S/C58H100N2O4/c1-4-7-9-11-13-15-17-19-21-23-25-27-29-31-33-35-37-39-45-63-55-43-41-52(57(61)47-55)49-59-51-54(6-3)60-50-53-42-44-56(48-58(53)62)64-46-40-38-36-34-32-30-28-26-24-22-20-18-16-14-12-10-8-5-2/h41-44,47-50,54,61-62H,4-40,45-46,51H2,1-3H3. The van der Waals surface area contributed by atoms with Gasteiger partial charge >= 0.3 is 0 Å². The fraction of sp³-hybridized carbons (Fsp3) is 0.759. The quantitative estimate of drug-likeness (QED) is 0.0512. The van der Waals surface area contributed by atoms with Crippen molar-refractivity contribution in [3.63, 3.8) is 0 Å². The highest BCUT2D eigenvalue weighted by Gasteiger charge is 2.07. The van der Waals surface area contributed by atoms with Crippen LogP contribution in [0.2, 0.25) is 0 Å². The van der Waals surface area contributed by atoms with Crippen molar-refractivity contribution in [2.75, 3.05) is 19.8 Å². The lowest BCUT2D eigenvalue weighted by atomic mass is 10.0. The van der Waals surface area contributed by atoms with Gasteiger partial charge < -0.3 is 19.7 Å². The molecule has 1 atom stereocenters. The largest absolute Gasteiger partial charge is 0.507 e. The summed E-state index contributed by atoms with van der Waals surface area (Å²) in [6, 6.07) is 10.9. The molecule has 366 valence electrons. The number of unbranched alkanes of at least 4 members (excludes halogenated alkanes) is 34. The van der Waals surface area contributed by atoms with E-state index in [1.807, 2.05) is 24.3 Å². The number of benzene rings is 2. The lowest BCUT2D eigenvalue weighted by Gasteiger charge is -2.09. The highest BCUT2D eigenvalue weighted by molar-refractivity contribution is 5.84. The highest BCUT2D eigenvalue weighted by Crippen LogP contribution is 2.25. The Kier molecular flexibility index (Phi) is 38.0. The molecule has 0 radical (unpaired) electrons.